The first-order valence-corrected chi connectivity index (χ1v) is 6.76. The molecule has 3 unspecified atom stereocenters. The Bertz CT molecular complexity index is 377. The third-order valence-electron chi connectivity index (χ3n) is 4.92. The van der Waals surface area contributed by atoms with E-state index >= 15 is 0 Å². The highest BCUT2D eigenvalue weighted by Crippen LogP contribution is 2.62. The zero-order valence-electron chi connectivity index (χ0n) is 10.4. The van der Waals surface area contributed by atoms with E-state index in [0.717, 1.165) is 25.9 Å². The van der Waals surface area contributed by atoms with Crippen molar-refractivity contribution in [3.8, 4) is 0 Å². The molecular formula is C13H19NO4. The van der Waals surface area contributed by atoms with Gasteiger partial charge in [0.05, 0.1) is 12.5 Å². The van der Waals surface area contributed by atoms with E-state index in [2.05, 4.69) is 5.32 Å². The van der Waals surface area contributed by atoms with Crippen LogP contribution in [0.4, 0.5) is 0 Å². The standard InChI is InChI=1S/C13H19NO4/c15-9(2-3-10(16)17)14-11-8-4-7-18-12(8)13(11)5-1-6-13/h8,11-12H,1-7H2,(H,14,15)(H,16,17). The number of aliphatic carboxylic acids is 1. The summed E-state index contributed by atoms with van der Waals surface area (Å²) in [6.45, 7) is 0.804. The molecule has 2 aliphatic carbocycles. The lowest BCUT2D eigenvalue weighted by Gasteiger charge is -2.63. The van der Waals surface area contributed by atoms with E-state index in [1.165, 1.54) is 6.42 Å². The van der Waals surface area contributed by atoms with Crippen molar-refractivity contribution in [1.82, 2.24) is 5.32 Å². The van der Waals surface area contributed by atoms with E-state index in [9.17, 15) is 9.59 Å². The largest absolute Gasteiger partial charge is 0.481 e. The smallest absolute Gasteiger partial charge is 0.303 e. The summed E-state index contributed by atoms with van der Waals surface area (Å²) in [5.41, 5.74) is 0.181. The molecule has 2 saturated carbocycles. The summed E-state index contributed by atoms with van der Waals surface area (Å²) in [4.78, 5) is 22.2. The van der Waals surface area contributed by atoms with E-state index in [1.807, 2.05) is 0 Å². The fourth-order valence-corrected chi connectivity index (χ4v) is 3.92. The van der Waals surface area contributed by atoms with E-state index in [-0.39, 0.29) is 30.2 Å². The Morgan fingerprint density at radius 1 is 1.33 bits per heavy atom. The van der Waals surface area contributed by atoms with Crippen LogP contribution < -0.4 is 5.32 Å². The van der Waals surface area contributed by atoms with E-state index in [1.54, 1.807) is 0 Å². The number of carbonyl (C=O) groups excluding carboxylic acids is 1. The monoisotopic (exact) mass is 253 g/mol. The van der Waals surface area contributed by atoms with Crippen molar-refractivity contribution in [2.75, 3.05) is 6.61 Å². The van der Waals surface area contributed by atoms with Gasteiger partial charge in [-0.3, -0.25) is 9.59 Å². The van der Waals surface area contributed by atoms with Gasteiger partial charge < -0.3 is 15.2 Å². The number of hydrogen-bond donors (Lipinski definition) is 2. The lowest BCUT2D eigenvalue weighted by molar-refractivity contribution is -0.179. The molecule has 5 nitrogen and oxygen atoms in total. The second-order valence-corrected chi connectivity index (χ2v) is 5.77. The molecule has 3 rings (SSSR count). The summed E-state index contributed by atoms with van der Waals surface area (Å²) in [6.07, 6.45) is 4.85. The van der Waals surface area contributed by atoms with Gasteiger partial charge in [-0.15, -0.1) is 0 Å². The molecule has 0 aromatic rings. The van der Waals surface area contributed by atoms with Gasteiger partial charge in [-0.2, -0.15) is 0 Å². The molecule has 0 aromatic carbocycles. The van der Waals surface area contributed by atoms with Crippen molar-refractivity contribution in [1.29, 1.82) is 0 Å². The average molecular weight is 253 g/mol. The maximum Gasteiger partial charge on any atom is 0.303 e. The molecule has 3 fully saturated rings. The number of ether oxygens (including phenoxy) is 1. The van der Waals surface area contributed by atoms with Crippen LogP contribution in [0.3, 0.4) is 0 Å². The molecule has 0 radical (unpaired) electrons. The number of fused-ring (bicyclic) bond motifs is 2. The number of rotatable bonds is 4. The Hall–Kier alpha value is -1.10. The van der Waals surface area contributed by atoms with Crippen molar-refractivity contribution in [2.45, 2.75) is 50.7 Å². The first kappa shape index (κ1) is 12.0. The first-order valence-electron chi connectivity index (χ1n) is 6.76. The van der Waals surface area contributed by atoms with Gasteiger partial charge in [0.2, 0.25) is 5.91 Å². The number of hydrogen-bond acceptors (Lipinski definition) is 3. The van der Waals surface area contributed by atoms with Gasteiger partial charge in [0.15, 0.2) is 0 Å². The van der Waals surface area contributed by atoms with Gasteiger partial charge in [-0.1, -0.05) is 6.42 Å². The lowest BCUT2D eigenvalue weighted by Crippen LogP contribution is -2.71. The molecule has 100 valence electrons. The highest BCUT2D eigenvalue weighted by molar-refractivity contribution is 5.81. The molecular weight excluding hydrogens is 234 g/mol. The summed E-state index contributed by atoms with van der Waals surface area (Å²) in [6, 6.07) is 0.222. The van der Waals surface area contributed by atoms with Crippen LogP contribution in [0.25, 0.3) is 0 Å². The molecule has 1 amide bonds. The van der Waals surface area contributed by atoms with E-state index in [4.69, 9.17) is 9.84 Å². The van der Waals surface area contributed by atoms with Crippen molar-refractivity contribution < 1.29 is 19.4 Å². The number of carboxylic acid groups (broad SMARTS) is 1. The van der Waals surface area contributed by atoms with Gasteiger partial charge in [-0.05, 0) is 19.3 Å². The van der Waals surface area contributed by atoms with E-state index in [0.29, 0.717) is 12.0 Å². The lowest BCUT2D eigenvalue weighted by atomic mass is 9.46. The van der Waals surface area contributed by atoms with Gasteiger partial charge in [-0.25, -0.2) is 0 Å². The molecule has 0 aromatic heterocycles. The fourth-order valence-electron chi connectivity index (χ4n) is 3.92. The molecule has 0 bridgehead atoms. The third-order valence-corrected chi connectivity index (χ3v) is 4.92. The number of amides is 1. The number of carbonyl (C=O) groups is 2. The van der Waals surface area contributed by atoms with E-state index < -0.39 is 5.97 Å². The van der Waals surface area contributed by atoms with Gasteiger partial charge in [0.1, 0.15) is 0 Å². The first-order chi connectivity index (χ1) is 8.63. The minimum atomic E-state index is -0.917. The van der Waals surface area contributed by atoms with Gasteiger partial charge in [0.25, 0.3) is 0 Å². The summed E-state index contributed by atoms with van der Waals surface area (Å²) in [7, 11) is 0. The minimum Gasteiger partial charge on any atom is -0.481 e. The molecule has 2 N–H and O–H groups in total. The summed E-state index contributed by atoms with van der Waals surface area (Å²) in [5, 5.41) is 11.6. The van der Waals surface area contributed by atoms with Crippen molar-refractivity contribution in [3.63, 3.8) is 0 Å². The van der Waals surface area contributed by atoms with Crippen LogP contribution >= 0.6 is 0 Å². The van der Waals surface area contributed by atoms with Gasteiger partial charge in [0, 0.05) is 30.4 Å². The fraction of sp³-hybridized carbons (Fsp3) is 0.846. The third kappa shape index (κ3) is 1.64. The predicted octanol–water partition coefficient (Wildman–Crippen LogP) is 0.925. The molecule has 1 aliphatic heterocycles. The van der Waals surface area contributed by atoms with Crippen LogP contribution in [0, 0.1) is 11.3 Å². The summed E-state index contributed by atoms with van der Waals surface area (Å²) >= 11 is 0. The van der Waals surface area contributed by atoms with Crippen LogP contribution in [0.5, 0.6) is 0 Å². The average Bonchev–Trinajstić information content (AvgIpc) is 2.66. The second kappa shape index (κ2) is 4.23. The Balaban J connectivity index is 1.58. The molecule has 18 heavy (non-hydrogen) atoms. The van der Waals surface area contributed by atoms with Crippen molar-refractivity contribution >= 4 is 11.9 Å². The second-order valence-electron chi connectivity index (χ2n) is 5.77. The maximum atomic E-state index is 11.8. The van der Waals surface area contributed by atoms with Crippen molar-refractivity contribution in [3.05, 3.63) is 0 Å². The highest BCUT2D eigenvalue weighted by Gasteiger charge is 2.66. The zero-order valence-corrected chi connectivity index (χ0v) is 10.4. The van der Waals surface area contributed by atoms with Crippen LogP contribution in [0.1, 0.15) is 38.5 Å². The quantitative estimate of drug-likeness (QED) is 0.781. The molecule has 1 spiro atoms. The van der Waals surface area contributed by atoms with Crippen LogP contribution in [-0.4, -0.2) is 35.7 Å². The summed E-state index contributed by atoms with van der Waals surface area (Å²) in [5.74, 6) is -0.586. The zero-order chi connectivity index (χ0) is 12.8. The minimum absolute atomic E-state index is 0.0835. The molecule has 1 heterocycles. The van der Waals surface area contributed by atoms with Crippen LogP contribution in [-0.2, 0) is 14.3 Å². The maximum absolute atomic E-state index is 11.8. The molecule has 3 aliphatic rings. The Morgan fingerprint density at radius 3 is 2.72 bits per heavy atom. The Labute approximate surface area is 106 Å². The molecule has 3 atom stereocenters. The molecule has 5 heteroatoms. The highest BCUT2D eigenvalue weighted by atomic mass is 16.5. The summed E-state index contributed by atoms with van der Waals surface area (Å²) < 4.78 is 5.77. The predicted molar refractivity (Wildman–Crippen MR) is 62.9 cm³/mol. The SMILES string of the molecule is O=C(O)CCC(=O)NC1C2CCOC2C12CCC2. The Kier molecular flexibility index (Phi) is 2.81. The number of carboxylic acids is 1. The number of nitrogens with one attached hydrogen (secondary N) is 1. The Morgan fingerprint density at radius 2 is 2.11 bits per heavy atom. The van der Waals surface area contributed by atoms with Gasteiger partial charge >= 0.3 is 5.97 Å². The normalized spacial score (nSPS) is 35.4. The van der Waals surface area contributed by atoms with Crippen LogP contribution in [0.2, 0.25) is 0 Å². The topological polar surface area (TPSA) is 75.6 Å². The van der Waals surface area contributed by atoms with Crippen molar-refractivity contribution in [2.24, 2.45) is 11.3 Å². The molecule has 1 saturated heterocycles. The van der Waals surface area contributed by atoms with Crippen LogP contribution in [0.15, 0.2) is 0 Å².